The molecular weight excluding hydrogens is 238 g/mol. The zero-order chi connectivity index (χ0) is 12.6. The summed E-state index contributed by atoms with van der Waals surface area (Å²) in [5, 5.41) is 10.3. The third-order valence-corrected chi connectivity index (χ3v) is 2.99. The van der Waals surface area contributed by atoms with Crippen LogP contribution in [0.1, 0.15) is 31.9 Å². The summed E-state index contributed by atoms with van der Waals surface area (Å²) in [4.78, 5) is 4.25. The van der Waals surface area contributed by atoms with Gasteiger partial charge in [0.05, 0.1) is 11.6 Å². The molecule has 0 aliphatic carbocycles. The van der Waals surface area contributed by atoms with E-state index in [0.717, 1.165) is 11.1 Å². The van der Waals surface area contributed by atoms with E-state index in [2.05, 4.69) is 4.99 Å². The average Bonchev–Trinajstić information content (AvgIpc) is 2.73. The Hall–Kier alpha value is -1.22. The van der Waals surface area contributed by atoms with Crippen LogP contribution in [0.15, 0.2) is 17.1 Å². The Labute approximate surface area is 106 Å². The first-order valence-corrected chi connectivity index (χ1v) is 5.98. The molecule has 0 fully saturated rings. The zero-order valence-corrected chi connectivity index (χ0v) is 11.0. The standard InChI is InChI=1S/C13H16ClNO2/c1-13(2,3)9-6-8(7-10(14)11(9)16)12-15-4-5-17-12/h6-7,16H,4-5H2,1-3H3. The quantitative estimate of drug-likeness (QED) is 0.836. The van der Waals surface area contributed by atoms with E-state index in [0.29, 0.717) is 24.1 Å². The Morgan fingerprint density at radius 2 is 2.06 bits per heavy atom. The molecule has 0 unspecified atom stereocenters. The lowest BCUT2D eigenvalue weighted by Gasteiger charge is -2.22. The molecule has 0 saturated heterocycles. The normalized spacial score (nSPS) is 15.6. The maximum absolute atomic E-state index is 9.99. The van der Waals surface area contributed by atoms with Crippen molar-refractivity contribution in [3.63, 3.8) is 0 Å². The molecule has 92 valence electrons. The highest BCUT2D eigenvalue weighted by Crippen LogP contribution is 2.37. The number of phenols is 1. The van der Waals surface area contributed by atoms with Gasteiger partial charge < -0.3 is 9.84 Å². The van der Waals surface area contributed by atoms with Crippen molar-refractivity contribution in [2.75, 3.05) is 13.2 Å². The number of hydrogen-bond acceptors (Lipinski definition) is 3. The molecule has 0 saturated carbocycles. The summed E-state index contributed by atoms with van der Waals surface area (Å²) in [6.45, 7) is 7.37. The fraction of sp³-hybridized carbons (Fsp3) is 0.462. The van der Waals surface area contributed by atoms with Crippen LogP contribution in [0, 0.1) is 0 Å². The van der Waals surface area contributed by atoms with Crippen molar-refractivity contribution in [2.45, 2.75) is 26.2 Å². The highest BCUT2D eigenvalue weighted by atomic mass is 35.5. The van der Waals surface area contributed by atoms with Gasteiger partial charge in [0.15, 0.2) is 0 Å². The number of aromatic hydroxyl groups is 1. The van der Waals surface area contributed by atoms with Crippen LogP contribution < -0.4 is 0 Å². The molecule has 0 spiro atoms. The summed E-state index contributed by atoms with van der Waals surface area (Å²) >= 11 is 6.04. The molecule has 4 heteroatoms. The van der Waals surface area contributed by atoms with Gasteiger partial charge in [-0.25, -0.2) is 4.99 Å². The number of phenolic OH excluding ortho intramolecular Hbond substituents is 1. The number of aliphatic imine (C=N–C) groups is 1. The third-order valence-electron chi connectivity index (χ3n) is 2.70. The van der Waals surface area contributed by atoms with E-state index in [9.17, 15) is 5.11 Å². The van der Waals surface area contributed by atoms with Gasteiger partial charge in [-0.15, -0.1) is 0 Å². The van der Waals surface area contributed by atoms with Crippen molar-refractivity contribution in [2.24, 2.45) is 4.99 Å². The molecule has 1 heterocycles. The number of halogens is 1. The van der Waals surface area contributed by atoms with Gasteiger partial charge in [-0.2, -0.15) is 0 Å². The number of rotatable bonds is 1. The van der Waals surface area contributed by atoms with Crippen molar-refractivity contribution in [3.05, 3.63) is 28.3 Å². The summed E-state index contributed by atoms with van der Waals surface area (Å²) in [6.07, 6.45) is 0. The summed E-state index contributed by atoms with van der Waals surface area (Å²) in [5.41, 5.74) is 1.46. The van der Waals surface area contributed by atoms with Gasteiger partial charge in [-0.05, 0) is 17.5 Å². The molecular formula is C13H16ClNO2. The maximum atomic E-state index is 9.99. The largest absolute Gasteiger partial charge is 0.506 e. The zero-order valence-electron chi connectivity index (χ0n) is 10.2. The van der Waals surface area contributed by atoms with Gasteiger partial charge >= 0.3 is 0 Å². The lowest BCUT2D eigenvalue weighted by molar-refractivity contribution is 0.348. The van der Waals surface area contributed by atoms with Gasteiger partial charge in [0.25, 0.3) is 0 Å². The minimum absolute atomic E-state index is 0.140. The number of benzene rings is 1. The van der Waals surface area contributed by atoms with E-state index in [1.165, 1.54) is 0 Å². The van der Waals surface area contributed by atoms with Gasteiger partial charge in [0.2, 0.25) is 5.90 Å². The first-order chi connectivity index (χ1) is 7.89. The van der Waals surface area contributed by atoms with Crippen LogP contribution in [0.3, 0.4) is 0 Å². The monoisotopic (exact) mass is 253 g/mol. The van der Waals surface area contributed by atoms with E-state index in [4.69, 9.17) is 16.3 Å². The highest BCUT2D eigenvalue weighted by molar-refractivity contribution is 6.32. The second-order valence-electron chi connectivity index (χ2n) is 5.14. The molecule has 1 N–H and O–H groups in total. The van der Waals surface area contributed by atoms with Gasteiger partial charge in [0.1, 0.15) is 12.4 Å². The van der Waals surface area contributed by atoms with Crippen LogP contribution in [-0.2, 0) is 10.2 Å². The summed E-state index contributed by atoms with van der Waals surface area (Å²) in [5.74, 6) is 0.749. The molecule has 1 aliphatic heterocycles. The van der Waals surface area contributed by atoms with Crippen LogP contribution in [-0.4, -0.2) is 24.2 Å². The number of nitrogens with zero attached hydrogens (tertiary/aromatic N) is 1. The fourth-order valence-electron chi connectivity index (χ4n) is 1.80. The molecule has 0 aromatic heterocycles. The third kappa shape index (κ3) is 2.39. The van der Waals surface area contributed by atoms with Gasteiger partial charge in [0, 0.05) is 11.1 Å². The molecule has 1 aromatic carbocycles. The topological polar surface area (TPSA) is 41.8 Å². The van der Waals surface area contributed by atoms with Crippen LogP contribution in [0.4, 0.5) is 0 Å². The summed E-state index contributed by atoms with van der Waals surface area (Å²) < 4.78 is 5.41. The summed E-state index contributed by atoms with van der Waals surface area (Å²) in [7, 11) is 0. The lowest BCUT2D eigenvalue weighted by atomic mass is 9.85. The second-order valence-corrected chi connectivity index (χ2v) is 5.55. The fourth-order valence-corrected chi connectivity index (χ4v) is 2.02. The van der Waals surface area contributed by atoms with Crippen LogP contribution in [0.25, 0.3) is 0 Å². The predicted octanol–water partition coefficient (Wildman–Crippen LogP) is 3.12. The Kier molecular flexibility index (Phi) is 3.04. The van der Waals surface area contributed by atoms with Crippen molar-refractivity contribution >= 4 is 17.5 Å². The van der Waals surface area contributed by atoms with Crippen molar-refractivity contribution in [1.29, 1.82) is 0 Å². The van der Waals surface area contributed by atoms with Crippen LogP contribution >= 0.6 is 11.6 Å². The van der Waals surface area contributed by atoms with Gasteiger partial charge in [-0.1, -0.05) is 32.4 Å². The van der Waals surface area contributed by atoms with Crippen molar-refractivity contribution in [1.82, 2.24) is 0 Å². The van der Waals surface area contributed by atoms with Gasteiger partial charge in [-0.3, -0.25) is 0 Å². The molecule has 0 atom stereocenters. The van der Waals surface area contributed by atoms with E-state index < -0.39 is 0 Å². The number of hydrogen-bond donors (Lipinski definition) is 1. The minimum Gasteiger partial charge on any atom is -0.506 e. The van der Waals surface area contributed by atoms with E-state index in [-0.39, 0.29) is 11.2 Å². The molecule has 17 heavy (non-hydrogen) atoms. The van der Waals surface area contributed by atoms with E-state index >= 15 is 0 Å². The molecule has 1 aromatic rings. The second kappa shape index (κ2) is 4.22. The highest BCUT2D eigenvalue weighted by Gasteiger charge is 2.23. The Morgan fingerprint density at radius 1 is 1.35 bits per heavy atom. The van der Waals surface area contributed by atoms with E-state index in [1.54, 1.807) is 6.07 Å². The molecule has 0 bridgehead atoms. The number of ether oxygens (including phenoxy) is 1. The molecule has 3 nitrogen and oxygen atoms in total. The first-order valence-electron chi connectivity index (χ1n) is 5.60. The average molecular weight is 254 g/mol. The molecule has 0 radical (unpaired) electrons. The molecule has 0 amide bonds. The Morgan fingerprint density at radius 3 is 2.59 bits per heavy atom. The first kappa shape index (κ1) is 12.2. The lowest BCUT2D eigenvalue weighted by Crippen LogP contribution is -2.13. The summed E-state index contributed by atoms with van der Waals surface area (Å²) in [6, 6.07) is 3.58. The van der Waals surface area contributed by atoms with Crippen molar-refractivity contribution < 1.29 is 9.84 Å². The van der Waals surface area contributed by atoms with Crippen LogP contribution in [0.5, 0.6) is 5.75 Å². The predicted molar refractivity (Wildman–Crippen MR) is 69.2 cm³/mol. The smallest absolute Gasteiger partial charge is 0.216 e. The van der Waals surface area contributed by atoms with Crippen molar-refractivity contribution in [3.8, 4) is 5.75 Å². The molecule has 2 rings (SSSR count). The Balaban J connectivity index is 2.53. The van der Waals surface area contributed by atoms with E-state index in [1.807, 2.05) is 26.8 Å². The minimum atomic E-state index is -0.178. The SMILES string of the molecule is CC(C)(C)c1cc(C2=NCCO2)cc(Cl)c1O. The Bertz CT molecular complexity index is 475. The van der Waals surface area contributed by atoms with Crippen LogP contribution in [0.2, 0.25) is 5.02 Å². The molecule has 1 aliphatic rings. The maximum Gasteiger partial charge on any atom is 0.216 e.